The molecular weight excluding hydrogens is 400 g/mol. The molecule has 1 heterocycles. The van der Waals surface area contributed by atoms with Crippen LogP contribution in [0.2, 0.25) is 5.02 Å². The van der Waals surface area contributed by atoms with Crippen molar-refractivity contribution in [1.29, 1.82) is 0 Å². The van der Waals surface area contributed by atoms with Crippen LogP contribution in [0.25, 0.3) is 33.9 Å². The van der Waals surface area contributed by atoms with Gasteiger partial charge in [0.2, 0.25) is 0 Å². The van der Waals surface area contributed by atoms with Crippen molar-refractivity contribution < 1.29 is 0 Å². The van der Waals surface area contributed by atoms with Crippen LogP contribution in [-0.2, 0) is 6.54 Å². The monoisotopic (exact) mass is 420 g/mol. The fourth-order valence-electron chi connectivity index (χ4n) is 3.88. The van der Waals surface area contributed by atoms with E-state index in [4.69, 9.17) is 16.6 Å². The third kappa shape index (κ3) is 4.03. The van der Waals surface area contributed by atoms with E-state index in [0.29, 0.717) is 0 Å². The zero-order valence-corrected chi connectivity index (χ0v) is 17.7. The van der Waals surface area contributed by atoms with E-state index < -0.39 is 0 Å². The second kappa shape index (κ2) is 8.63. The summed E-state index contributed by atoms with van der Waals surface area (Å²) in [5.41, 5.74) is 6.60. The van der Waals surface area contributed by atoms with Crippen LogP contribution in [0.4, 0.5) is 0 Å². The van der Waals surface area contributed by atoms with Gasteiger partial charge in [0.05, 0.1) is 11.4 Å². The van der Waals surface area contributed by atoms with Crippen molar-refractivity contribution in [3.05, 3.63) is 126 Å². The highest BCUT2D eigenvalue weighted by atomic mass is 35.5. The van der Waals surface area contributed by atoms with Gasteiger partial charge in [0.15, 0.2) is 0 Å². The lowest BCUT2D eigenvalue weighted by Gasteiger charge is -2.14. The van der Waals surface area contributed by atoms with E-state index in [1.807, 2.05) is 42.5 Å². The Kier molecular flexibility index (Phi) is 5.39. The van der Waals surface area contributed by atoms with E-state index >= 15 is 0 Å². The van der Waals surface area contributed by atoms with E-state index in [2.05, 4.69) is 77.4 Å². The Bertz CT molecular complexity index is 1280. The molecule has 0 unspecified atom stereocenters. The fraction of sp³-hybridized carbons (Fsp3) is 0.0357. The quantitative estimate of drug-likeness (QED) is 0.286. The summed E-state index contributed by atoms with van der Waals surface area (Å²) >= 11 is 6.17. The van der Waals surface area contributed by atoms with Crippen LogP contribution in [0.5, 0.6) is 0 Å². The van der Waals surface area contributed by atoms with Gasteiger partial charge < -0.3 is 4.57 Å². The van der Waals surface area contributed by atoms with Gasteiger partial charge in [0.25, 0.3) is 0 Å². The maximum Gasteiger partial charge on any atom is 0.141 e. The molecule has 0 radical (unpaired) electrons. The molecule has 0 saturated heterocycles. The van der Waals surface area contributed by atoms with Crippen LogP contribution in [0, 0.1) is 0 Å². The molecule has 0 atom stereocenters. The molecular formula is C28H21ClN2. The number of hydrogen-bond acceptors (Lipinski definition) is 1. The van der Waals surface area contributed by atoms with Crippen LogP contribution in [-0.4, -0.2) is 9.55 Å². The molecule has 0 spiro atoms. The SMILES string of the molecule is Clc1ccc(-c2nc(-c3ccccc3)c(-c3ccccc3)n2Cc2ccccc2)cc1. The maximum absolute atomic E-state index is 6.17. The second-order valence-electron chi connectivity index (χ2n) is 7.44. The molecule has 1 aromatic heterocycles. The lowest BCUT2D eigenvalue weighted by molar-refractivity contribution is 0.814. The van der Waals surface area contributed by atoms with Gasteiger partial charge in [0.1, 0.15) is 5.82 Å². The molecule has 5 rings (SSSR count). The molecule has 0 bridgehead atoms. The molecule has 0 N–H and O–H groups in total. The van der Waals surface area contributed by atoms with Gasteiger partial charge >= 0.3 is 0 Å². The smallest absolute Gasteiger partial charge is 0.141 e. The first-order valence-electron chi connectivity index (χ1n) is 10.3. The number of imidazole rings is 1. The van der Waals surface area contributed by atoms with Crippen LogP contribution >= 0.6 is 11.6 Å². The Morgan fingerprint density at radius 1 is 0.581 bits per heavy atom. The summed E-state index contributed by atoms with van der Waals surface area (Å²) in [6, 6.07) is 39.3. The van der Waals surface area contributed by atoms with Crippen molar-refractivity contribution in [2.75, 3.05) is 0 Å². The van der Waals surface area contributed by atoms with Gasteiger partial charge in [-0.1, -0.05) is 103 Å². The van der Waals surface area contributed by atoms with E-state index in [1.54, 1.807) is 0 Å². The number of hydrogen-bond donors (Lipinski definition) is 0. The highest BCUT2D eigenvalue weighted by Crippen LogP contribution is 2.37. The molecule has 0 amide bonds. The van der Waals surface area contributed by atoms with Crippen molar-refractivity contribution >= 4 is 11.6 Å². The topological polar surface area (TPSA) is 17.8 Å². The first-order valence-corrected chi connectivity index (χ1v) is 10.7. The number of rotatable bonds is 5. The Morgan fingerprint density at radius 2 is 1.13 bits per heavy atom. The van der Waals surface area contributed by atoms with Crippen LogP contribution in [0.3, 0.4) is 0 Å². The van der Waals surface area contributed by atoms with Crippen molar-refractivity contribution in [2.45, 2.75) is 6.54 Å². The predicted molar refractivity (Wildman–Crippen MR) is 129 cm³/mol. The molecule has 0 aliphatic heterocycles. The van der Waals surface area contributed by atoms with Crippen molar-refractivity contribution in [3.63, 3.8) is 0 Å². The van der Waals surface area contributed by atoms with Crippen molar-refractivity contribution in [1.82, 2.24) is 9.55 Å². The number of nitrogens with zero attached hydrogens (tertiary/aromatic N) is 2. The Labute approximate surface area is 187 Å². The van der Waals surface area contributed by atoms with Gasteiger partial charge in [0, 0.05) is 28.3 Å². The largest absolute Gasteiger partial charge is 0.319 e. The number of aromatic nitrogens is 2. The molecule has 0 aliphatic rings. The molecule has 5 aromatic rings. The molecule has 0 saturated carbocycles. The lowest BCUT2D eigenvalue weighted by atomic mass is 10.0. The Hall–Kier alpha value is -3.62. The molecule has 3 heteroatoms. The second-order valence-corrected chi connectivity index (χ2v) is 7.88. The number of benzene rings is 4. The van der Waals surface area contributed by atoms with Crippen LogP contribution < -0.4 is 0 Å². The molecule has 4 aromatic carbocycles. The minimum atomic E-state index is 0.719. The summed E-state index contributed by atoms with van der Waals surface area (Å²) in [7, 11) is 0. The predicted octanol–water partition coefficient (Wildman–Crippen LogP) is 7.59. The van der Waals surface area contributed by atoms with Gasteiger partial charge in [-0.15, -0.1) is 0 Å². The highest BCUT2D eigenvalue weighted by Gasteiger charge is 2.21. The lowest BCUT2D eigenvalue weighted by Crippen LogP contribution is -2.04. The van der Waals surface area contributed by atoms with Crippen molar-refractivity contribution in [2.24, 2.45) is 0 Å². The Balaban J connectivity index is 1.79. The summed E-state index contributed by atoms with van der Waals surface area (Å²) in [5.74, 6) is 0.929. The average molecular weight is 421 g/mol. The van der Waals surface area contributed by atoms with E-state index in [-0.39, 0.29) is 0 Å². The zero-order valence-electron chi connectivity index (χ0n) is 16.9. The van der Waals surface area contributed by atoms with E-state index in [9.17, 15) is 0 Å². The van der Waals surface area contributed by atoms with Crippen molar-refractivity contribution in [3.8, 4) is 33.9 Å². The molecule has 0 aliphatic carbocycles. The standard InChI is InChI=1S/C28H21ClN2/c29-25-18-16-24(17-19-25)28-30-26(22-12-6-2-7-13-22)27(23-14-8-3-9-15-23)31(28)20-21-10-4-1-5-11-21/h1-19H,20H2. The normalized spacial score (nSPS) is 10.9. The van der Waals surface area contributed by atoms with Gasteiger partial charge in [-0.05, 0) is 29.8 Å². The van der Waals surface area contributed by atoms with E-state index in [1.165, 1.54) is 5.56 Å². The molecule has 31 heavy (non-hydrogen) atoms. The minimum Gasteiger partial charge on any atom is -0.319 e. The maximum atomic E-state index is 6.17. The first-order chi connectivity index (χ1) is 15.3. The van der Waals surface area contributed by atoms with Gasteiger partial charge in [-0.2, -0.15) is 0 Å². The zero-order chi connectivity index (χ0) is 21.0. The summed E-state index contributed by atoms with van der Waals surface area (Å²) < 4.78 is 2.32. The fourth-order valence-corrected chi connectivity index (χ4v) is 4.00. The first kappa shape index (κ1) is 19.3. The third-order valence-electron chi connectivity index (χ3n) is 5.35. The summed E-state index contributed by atoms with van der Waals surface area (Å²) in [4.78, 5) is 5.17. The summed E-state index contributed by atoms with van der Waals surface area (Å²) in [6.07, 6.45) is 0. The highest BCUT2D eigenvalue weighted by molar-refractivity contribution is 6.30. The molecule has 2 nitrogen and oxygen atoms in total. The third-order valence-corrected chi connectivity index (χ3v) is 5.60. The van der Waals surface area contributed by atoms with Gasteiger partial charge in [-0.25, -0.2) is 4.98 Å². The number of halogens is 1. The van der Waals surface area contributed by atoms with Crippen LogP contribution in [0.15, 0.2) is 115 Å². The average Bonchev–Trinajstić information content (AvgIpc) is 3.20. The molecule has 0 fully saturated rings. The Morgan fingerprint density at radius 3 is 1.74 bits per heavy atom. The minimum absolute atomic E-state index is 0.719. The van der Waals surface area contributed by atoms with Gasteiger partial charge in [-0.3, -0.25) is 0 Å². The summed E-state index contributed by atoms with van der Waals surface area (Å²) in [5, 5.41) is 0.719. The summed E-state index contributed by atoms with van der Waals surface area (Å²) in [6.45, 7) is 0.725. The molecule has 150 valence electrons. The van der Waals surface area contributed by atoms with E-state index in [0.717, 1.165) is 45.5 Å². The van der Waals surface area contributed by atoms with Crippen LogP contribution in [0.1, 0.15) is 5.56 Å².